The van der Waals surface area contributed by atoms with Crippen molar-refractivity contribution in [3.05, 3.63) is 54.5 Å². The third-order valence-corrected chi connectivity index (χ3v) is 3.94. The van der Waals surface area contributed by atoms with E-state index in [1.54, 1.807) is 47.4 Å². The Morgan fingerprint density at radius 1 is 1.30 bits per heavy atom. The zero-order valence-electron chi connectivity index (χ0n) is 10.8. The third-order valence-electron chi connectivity index (χ3n) is 2.96. The Morgan fingerprint density at radius 2 is 2.20 bits per heavy atom. The van der Waals surface area contributed by atoms with Gasteiger partial charge in [-0.1, -0.05) is 6.07 Å². The summed E-state index contributed by atoms with van der Waals surface area (Å²) in [6, 6.07) is 7.55. The maximum Gasteiger partial charge on any atom is 0.251 e. The lowest BCUT2D eigenvalue weighted by Gasteiger charge is -2.27. The molecule has 0 bridgehead atoms. The van der Waals surface area contributed by atoms with Gasteiger partial charge in [0, 0.05) is 37.0 Å². The van der Waals surface area contributed by atoms with Crippen molar-refractivity contribution < 1.29 is 4.79 Å². The summed E-state index contributed by atoms with van der Waals surface area (Å²) in [6.45, 7) is 0.708. The summed E-state index contributed by atoms with van der Waals surface area (Å²) < 4.78 is 0. The molecule has 1 aliphatic heterocycles. The number of amides is 1. The van der Waals surface area contributed by atoms with E-state index in [2.05, 4.69) is 9.97 Å². The summed E-state index contributed by atoms with van der Waals surface area (Å²) in [5.41, 5.74) is 1.81. The fourth-order valence-electron chi connectivity index (χ4n) is 2.01. The average Bonchev–Trinajstić information content (AvgIpc) is 2.53. The lowest BCUT2D eigenvalue weighted by Crippen LogP contribution is -2.34. The predicted molar refractivity (Wildman–Crippen MR) is 80.6 cm³/mol. The number of aromatic nitrogens is 2. The monoisotopic (exact) mass is 283 g/mol. The second kappa shape index (κ2) is 5.88. The van der Waals surface area contributed by atoms with Crippen LogP contribution in [0, 0.1) is 0 Å². The molecule has 3 rings (SSSR count). The van der Waals surface area contributed by atoms with Crippen LogP contribution in [-0.2, 0) is 4.79 Å². The van der Waals surface area contributed by atoms with Crippen LogP contribution in [0.25, 0.3) is 6.08 Å². The van der Waals surface area contributed by atoms with E-state index in [1.807, 2.05) is 24.3 Å². The smallest absolute Gasteiger partial charge is 0.251 e. The molecular formula is C15H13N3OS. The van der Waals surface area contributed by atoms with Gasteiger partial charge in [0.25, 0.3) is 5.91 Å². The highest BCUT2D eigenvalue weighted by Gasteiger charge is 2.21. The highest BCUT2D eigenvalue weighted by molar-refractivity contribution is 7.99. The van der Waals surface area contributed by atoms with Crippen LogP contribution in [-0.4, -0.2) is 28.2 Å². The fourth-order valence-corrected chi connectivity index (χ4v) is 2.94. The van der Waals surface area contributed by atoms with Crippen molar-refractivity contribution in [2.24, 2.45) is 0 Å². The van der Waals surface area contributed by atoms with Crippen molar-refractivity contribution in [3.63, 3.8) is 0 Å². The maximum absolute atomic E-state index is 12.3. The molecule has 4 nitrogen and oxygen atoms in total. The third kappa shape index (κ3) is 2.72. The molecule has 2 aromatic heterocycles. The zero-order valence-corrected chi connectivity index (χ0v) is 11.6. The van der Waals surface area contributed by atoms with Crippen molar-refractivity contribution in [1.82, 2.24) is 9.97 Å². The van der Waals surface area contributed by atoms with Crippen LogP contribution < -0.4 is 4.90 Å². The first-order chi connectivity index (χ1) is 9.84. The molecule has 20 heavy (non-hydrogen) atoms. The first kappa shape index (κ1) is 12.9. The standard InChI is InChI=1S/C15H13N3OS/c19-14(6-5-12-3-1-7-16-11-12)18-9-10-20-15-13(18)4-2-8-17-15/h1-8,11H,9-10H2. The first-order valence-electron chi connectivity index (χ1n) is 6.32. The largest absolute Gasteiger partial charge is 0.305 e. The SMILES string of the molecule is O=C(C=Cc1cccnc1)N1CCSc2ncccc21. The van der Waals surface area contributed by atoms with Crippen LogP contribution in [0.4, 0.5) is 5.69 Å². The molecule has 0 saturated heterocycles. The molecule has 1 aliphatic rings. The average molecular weight is 283 g/mol. The van der Waals surface area contributed by atoms with Gasteiger partial charge in [0.1, 0.15) is 5.03 Å². The van der Waals surface area contributed by atoms with E-state index in [-0.39, 0.29) is 5.91 Å². The molecule has 5 heteroatoms. The summed E-state index contributed by atoms with van der Waals surface area (Å²) in [7, 11) is 0. The highest BCUT2D eigenvalue weighted by atomic mass is 32.2. The molecule has 3 heterocycles. The van der Waals surface area contributed by atoms with Gasteiger partial charge in [-0.2, -0.15) is 0 Å². The Labute approximate surface area is 121 Å². The number of carbonyl (C=O) groups is 1. The Morgan fingerprint density at radius 3 is 3.05 bits per heavy atom. The van der Waals surface area contributed by atoms with Crippen LogP contribution >= 0.6 is 11.8 Å². The molecule has 100 valence electrons. The summed E-state index contributed by atoms with van der Waals surface area (Å²) in [5.74, 6) is 0.847. The van der Waals surface area contributed by atoms with Crippen molar-refractivity contribution in [1.29, 1.82) is 0 Å². The molecule has 0 aliphatic carbocycles. The molecule has 1 amide bonds. The van der Waals surface area contributed by atoms with Crippen LogP contribution in [0.1, 0.15) is 5.56 Å². The molecule has 2 aromatic rings. The maximum atomic E-state index is 12.3. The number of thioether (sulfide) groups is 1. The number of anilines is 1. The minimum absolute atomic E-state index is 0.0246. The minimum atomic E-state index is -0.0246. The summed E-state index contributed by atoms with van der Waals surface area (Å²) >= 11 is 1.69. The molecule has 0 saturated carbocycles. The molecule has 0 N–H and O–H groups in total. The fraction of sp³-hybridized carbons (Fsp3) is 0.133. The number of hydrogen-bond acceptors (Lipinski definition) is 4. The number of fused-ring (bicyclic) bond motifs is 1. The van der Waals surface area contributed by atoms with Crippen molar-refractivity contribution in [2.75, 3.05) is 17.2 Å². The molecular weight excluding hydrogens is 270 g/mol. The predicted octanol–water partition coefficient (Wildman–Crippen LogP) is 2.63. The van der Waals surface area contributed by atoms with Crippen LogP contribution in [0.3, 0.4) is 0 Å². The summed E-state index contributed by atoms with van der Waals surface area (Å²) in [4.78, 5) is 22.4. The van der Waals surface area contributed by atoms with Gasteiger partial charge >= 0.3 is 0 Å². The number of nitrogens with zero attached hydrogens (tertiary/aromatic N) is 3. The minimum Gasteiger partial charge on any atom is -0.305 e. The van der Waals surface area contributed by atoms with Gasteiger partial charge in [-0.15, -0.1) is 11.8 Å². The van der Waals surface area contributed by atoms with Crippen LogP contribution in [0.15, 0.2) is 54.0 Å². The summed E-state index contributed by atoms with van der Waals surface area (Å²) in [6.07, 6.45) is 8.57. The van der Waals surface area contributed by atoms with Gasteiger partial charge in [0.15, 0.2) is 0 Å². The van der Waals surface area contributed by atoms with E-state index in [0.29, 0.717) is 6.54 Å². The van der Waals surface area contributed by atoms with Crippen molar-refractivity contribution in [2.45, 2.75) is 5.03 Å². The zero-order chi connectivity index (χ0) is 13.8. The molecule has 0 spiro atoms. The molecule has 0 aromatic carbocycles. The Balaban J connectivity index is 1.80. The highest BCUT2D eigenvalue weighted by Crippen LogP contribution is 2.32. The van der Waals surface area contributed by atoms with Gasteiger partial charge in [-0.05, 0) is 29.8 Å². The van der Waals surface area contributed by atoms with Gasteiger partial charge in [-0.25, -0.2) is 4.98 Å². The van der Waals surface area contributed by atoms with Crippen molar-refractivity contribution >= 4 is 29.4 Å². The quantitative estimate of drug-likeness (QED) is 0.795. The Kier molecular flexibility index (Phi) is 3.78. The van der Waals surface area contributed by atoms with Crippen LogP contribution in [0.2, 0.25) is 0 Å². The summed E-state index contributed by atoms with van der Waals surface area (Å²) in [5, 5.41) is 0.918. The number of hydrogen-bond donors (Lipinski definition) is 0. The van der Waals surface area contributed by atoms with Crippen LogP contribution in [0.5, 0.6) is 0 Å². The Hall–Kier alpha value is -2.14. The van der Waals surface area contributed by atoms with E-state index in [1.165, 1.54) is 0 Å². The first-order valence-corrected chi connectivity index (χ1v) is 7.30. The van der Waals surface area contributed by atoms with Gasteiger partial charge in [0.2, 0.25) is 0 Å². The normalized spacial score (nSPS) is 14.3. The number of pyridine rings is 2. The van der Waals surface area contributed by atoms with E-state index < -0.39 is 0 Å². The van der Waals surface area contributed by atoms with E-state index in [0.717, 1.165) is 22.0 Å². The number of carbonyl (C=O) groups excluding carboxylic acids is 1. The van der Waals surface area contributed by atoms with E-state index in [9.17, 15) is 4.79 Å². The molecule has 0 atom stereocenters. The molecule has 0 radical (unpaired) electrons. The van der Waals surface area contributed by atoms with E-state index in [4.69, 9.17) is 0 Å². The Bertz CT molecular complexity index is 643. The second-order valence-electron chi connectivity index (χ2n) is 4.29. The lowest BCUT2D eigenvalue weighted by molar-refractivity contribution is -0.114. The number of rotatable bonds is 2. The van der Waals surface area contributed by atoms with Gasteiger partial charge < -0.3 is 4.90 Å². The van der Waals surface area contributed by atoms with Gasteiger partial charge in [-0.3, -0.25) is 9.78 Å². The van der Waals surface area contributed by atoms with Crippen molar-refractivity contribution in [3.8, 4) is 0 Å². The topological polar surface area (TPSA) is 46.1 Å². The lowest BCUT2D eigenvalue weighted by atomic mass is 10.2. The molecule has 0 fully saturated rings. The van der Waals surface area contributed by atoms with E-state index >= 15 is 0 Å². The molecule has 0 unspecified atom stereocenters. The second-order valence-corrected chi connectivity index (χ2v) is 5.37. The van der Waals surface area contributed by atoms with Gasteiger partial charge in [0.05, 0.1) is 5.69 Å².